The summed E-state index contributed by atoms with van der Waals surface area (Å²) in [5.74, 6) is 0.395. The Balaban J connectivity index is 1.93. The zero-order chi connectivity index (χ0) is 11.5. The Bertz CT molecular complexity index is 371. The van der Waals surface area contributed by atoms with Gasteiger partial charge in [0.05, 0.1) is 8.66 Å². The summed E-state index contributed by atoms with van der Waals surface area (Å²) in [6, 6.07) is 3.86. The molecule has 0 aromatic carbocycles. The third-order valence-electron chi connectivity index (χ3n) is 2.99. The lowest BCUT2D eigenvalue weighted by molar-refractivity contribution is 0.0907. The fourth-order valence-electron chi connectivity index (χ4n) is 2.12. The lowest BCUT2D eigenvalue weighted by atomic mass is 10.1. The minimum atomic E-state index is 0.114. The highest BCUT2D eigenvalue weighted by atomic mass is 79.9. The first-order valence-electron chi connectivity index (χ1n) is 5.68. The summed E-state index contributed by atoms with van der Waals surface area (Å²) < 4.78 is 1.03. The summed E-state index contributed by atoms with van der Waals surface area (Å²) in [5, 5.41) is 0. The summed E-state index contributed by atoms with van der Waals surface area (Å²) in [6.45, 7) is 5.26. The molecule has 0 saturated carbocycles. The van der Waals surface area contributed by atoms with E-state index in [9.17, 15) is 4.79 Å². The molecule has 0 spiro atoms. The number of hydrogen-bond acceptors (Lipinski definition) is 3. The predicted octanol–water partition coefficient (Wildman–Crippen LogP) is 3.43. The molecule has 1 fully saturated rings. The Hall–Kier alpha value is -0.190. The first-order valence-corrected chi connectivity index (χ1v) is 7.29. The molecule has 1 saturated heterocycles. The Labute approximate surface area is 109 Å². The third-order valence-corrected chi connectivity index (χ3v) is 4.63. The van der Waals surface area contributed by atoms with Crippen molar-refractivity contribution in [1.29, 1.82) is 0 Å². The summed E-state index contributed by atoms with van der Waals surface area (Å²) in [6.07, 6.45) is 2.57. The molecule has 2 nitrogen and oxygen atoms in total. The van der Waals surface area contributed by atoms with Crippen molar-refractivity contribution in [2.75, 3.05) is 19.6 Å². The van der Waals surface area contributed by atoms with Crippen molar-refractivity contribution in [2.45, 2.75) is 19.8 Å². The van der Waals surface area contributed by atoms with Crippen LogP contribution in [-0.4, -0.2) is 30.3 Å². The molecule has 1 aliphatic heterocycles. The maximum Gasteiger partial charge on any atom is 0.176 e. The van der Waals surface area contributed by atoms with Crippen molar-refractivity contribution >= 4 is 33.0 Å². The summed E-state index contributed by atoms with van der Waals surface area (Å²) in [5.41, 5.74) is 0. The minimum Gasteiger partial charge on any atom is -0.303 e. The van der Waals surface area contributed by atoms with Crippen LogP contribution in [0, 0.1) is 5.92 Å². The van der Waals surface area contributed by atoms with Gasteiger partial charge in [-0.15, -0.1) is 11.3 Å². The molecule has 0 N–H and O–H groups in total. The number of carbonyl (C=O) groups is 1. The molecule has 2 rings (SSSR count). The average Bonchev–Trinajstić information content (AvgIpc) is 2.88. The van der Waals surface area contributed by atoms with Crippen LogP contribution in [0.5, 0.6) is 0 Å². The summed E-state index contributed by atoms with van der Waals surface area (Å²) in [7, 11) is 0. The fourth-order valence-corrected chi connectivity index (χ4v) is 3.56. The van der Waals surface area contributed by atoms with Gasteiger partial charge in [0.15, 0.2) is 5.78 Å². The van der Waals surface area contributed by atoms with Gasteiger partial charge in [-0.25, -0.2) is 0 Å². The second-order valence-corrected chi connectivity index (χ2v) is 6.84. The molecule has 2 heterocycles. The van der Waals surface area contributed by atoms with Crippen LogP contribution < -0.4 is 0 Å². The molecule has 1 aliphatic rings. The topological polar surface area (TPSA) is 20.3 Å². The van der Waals surface area contributed by atoms with E-state index in [1.807, 2.05) is 19.1 Å². The monoisotopic (exact) mass is 301 g/mol. The molecule has 4 heteroatoms. The van der Waals surface area contributed by atoms with Gasteiger partial charge in [-0.2, -0.15) is 0 Å². The Morgan fingerprint density at radius 2 is 2.19 bits per heavy atom. The van der Waals surface area contributed by atoms with Gasteiger partial charge in [0.25, 0.3) is 0 Å². The fraction of sp³-hybridized carbons (Fsp3) is 0.583. The van der Waals surface area contributed by atoms with Crippen molar-refractivity contribution in [1.82, 2.24) is 4.90 Å². The molecule has 1 aromatic rings. The molecule has 1 atom stereocenters. The van der Waals surface area contributed by atoms with E-state index >= 15 is 0 Å². The Morgan fingerprint density at radius 3 is 2.75 bits per heavy atom. The van der Waals surface area contributed by atoms with Crippen LogP contribution >= 0.6 is 27.3 Å². The van der Waals surface area contributed by atoms with Crippen molar-refractivity contribution in [3.63, 3.8) is 0 Å². The van der Waals surface area contributed by atoms with Gasteiger partial charge < -0.3 is 4.90 Å². The van der Waals surface area contributed by atoms with Gasteiger partial charge in [-0.3, -0.25) is 4.79 Å². The van der Waals surface area contributed by atoms with Crippen LogP contribution in [-0.2, 0) is 0 Å². The first kappa shape index (κ1) is 12.3. The van der Waals surface area contributed by atoms with Gasteiger partial charge in [0.1, 0.15) is 0 Å². The highest BCUT2D eigenvalue weighted by Gasteiger charge is 2.21. The highest BCUT2D eigenvalue weighted by Crippen LogP contribution is 2.25. The molecular formula is C12H16BrNOS. The van der Waals surface area contributed by atoms with Gasteiger partial charge in [-0.05, 0) is 54.0 Å². The van der Waals surface area contributed by atoms with Crippen LogP contribution in [0.3, 0.4) is 0 Å². The van der Waals surface area contributed by atoms with Crippen molar-refractivity contribution in [2.24, 2.45) is 5.92 Å². The maximum atomic E-state index is 12.1. The molecule has 1 unspecified atom stereocenters. The molecule has 1 aromatic heterocycles. The largest absolute Gasteiger partial charge is 0.303 e. The van der Waals surface area contributed by atoms with E-state index in [0.29, 0.717) is 0 Å². The van der Waals surface area contributed by atoms with E-state index in [1.54, 1.807) is 0 Å². The number of hydrogen-bond donors (Lipinski definition) is 0. The minimum absolute atomic E-state index is 0.114. The van der Waals surface area contributed by atoms with Gasteiger partial charge in [0, 0.05) is 12.5 Å². The number of halogens is 1. The number of thiophene rings is 1. The molecule has 16 heavy (non-hydrogen) atoms. The van der Waals surface area contributed by atoms with Crippen LogP contribution in [0.15, 0.2) is 15.9 Å². The summed E-state index contributed by atoms with van der Waals surface area (Å²) in [4.78, 5) is 15.4. The van der Waals surface area contributed by atoms with E-state index in [0.717, 1.165) is 28.3 Å². The first-order chi connectivity index (χ1) is 7.66. The number of carbonyl (C=O) groups excluding carboxylic acids is 1. The lowest BCUT2D eigenvalue weighted by Gasteiger charge is -2.18. The highest BCUT2D eigenvalue weighted by molar-refractivity contribution is 9.11. The number of nitrogens with zero attached hydrogens (tertiary/aromatic N) is 1. The molecular weight excluding hydrogens is 286 g/mol. The van der Waals surface area contributed by atoms with E-state index in [1.165, 1.54) is 24.2 Å². The van der Waals surface area contributed by atoms with Gasteiger partial charge in [0.2, 0.25) is 0 Å². The summed E-state index contributed by atoms with van der Waals surface area (Å²) >= 11 is 4.92. The molecule has 0 bridgehead atoms. The van der Waals surface area contributed by atoms with Crippen molar-refractivity contribution in [3.8, 4) is 0 Å². The van der Waals surface area contributed by atoms with Crippen molar-refractivity contribution in [3.05, 3.63) is 20.8 Å². The maximum absolute atomic E-state index is 12.1. The Kier molecular flexibility index (Phi) is 4.16. The molecule has 0 radical (unpaired) electrons. The number of rotatable bonds is 4. The van der Waals surface area contributed by atoms with Crippen LogP contribution in [0.2, 0.25) is 0 Å². The standard InChI is InChI=1S/C12H16BrNOS/c1-9(8-14-6-2-3-7-14)12(15)10-4-5-11(13)16-10/h4-5,9H,2-3,6-8H2,1H3. The zero-order valence-electron chi connectivity index (χ0n) is 9.41. The quantitative estimate of drug-likeness (QED) is 0.794. The third kappa shape index (κ3) is 2.93. The van der Waals surface area contributed by atoms with Crippen LogP contribution in [0.1, 0.15) is 29.4 Å². The number of likely N-dealkylation sites (tertiary alicyclic amines) is 1. The van der Waals surface area contributed by atoms with E-state index in [-0.39, 0.29) is 11.7 Å². The van der Waals surface area contributed by atoms with Crippen LogP contribution in [0.4, 0.5) is 0 Å². The van der Waals surface area contributed by atoms with Crippen LogP contribution in [0.25, 0.3) is 0 Å². The number of ketones is 1. The SMILES string of the molecule is CC(CN1CCCC1)C(=O)c1ccc(Br)s1. The second-order valence-electron chi connectivity index (χ2n) is 4.38. The normalized spacial score (nSPS) is 18.9. The lowest BCUT2D eigenvalue weighted by Crippen LogP contribution is -2.29. The number of Topliss-reactive ketones (excluding diaryl/α,β-unsaturated/α-hetero) is 1. The van der Waals surface area contributed by atoms with Crippen molar-refractivity contribution < 1.29 is 4.79 Å². The Morgan fingerprint density at radius 1 is 1.50 bits per heavy atom. The average molecular weight is 302 g/mol. The van der Waals surface area contributed by atoms with E-state index in [4.69, 9.17) is 0 Å². The molecule has 88 valence electrons. The van der Waals surface area contributed by atoms with E-state index in [2.05, 4.69) is 20.8 Å². The van der Waals surface area contributed by atoms with E-state index < -0.39 is 0 Å². The predicted molar refractivity (Wildman–Crippen MR) is 71.2 cm³/mol. The smallest absolute Gasteiger partial charge is 0.176 e. The second kappa shape index (κ2) is 5.43. The van der Waals surface area contributed by atoms with Gasteiger partial charge in [-0.1, -0.05) is 6.92 Å². The molecule has 0 amide bonds. The zero-order valence-corrected chi connectivity index (χ0v) is 11.8. The van der Waals surface area contributed by atoms with Gasteiger partial charge >= 0.3 is 0 Å². The molecule has 0 aliphatic carbocycles.